The monoisotopic (exact) mass is 444 g/mol. The van der Waals surface area contributed by atoms with Crippen LogP contribution in [0.3, 0.4) is 0 Å². The predicted molar refractivity (Wildman–Crippen MR) is 97.8 cm³/mol. The van der Waals surface area contributed by atoms with Crippen molar-refractivity contribution in [1.29, 1.82) is 0 Å². The van der Waals surface area contributed by atoms with Gasteiger partial charge in [0.1, 0.15) is 23.5 Å². The largest absolute Gasteiger partial charge is 0.446 e. The zero-order valence-electron chi connectivity index (χ0n) is 15.3. The van der Waals surface area contributed by atoms with E-state index in [0.717, 1.165) is 29.4 Å². The molecule has 0 saturated heterocycles. The lowest BCUT2D eigenvalue weighted by Crippen LogP contribution is -2.44. The molecule has 0 aliphatic rings. The summed E-state index contributed by atoms with van der Waals surface area (Å²) in [5.41, 5.74) is -0.526. The molecule has 1 aromatic heterocycles. The topological polar surface area (TPSA) is 72.6 Å². The Kier molecular flexibility index (Phi) is 6.35. The number of hydrogen-bond acceptors (Lipinski definition) is 5. The first-order chi connectivity index (χ1) is 12.5. The lowest BCUT2D eigenvalue weighted by molar-refractivity contribution is -0.117. The Bertz CT molecular complexity index is 826. The Morgan fingerprint density at radius 3 is 2.37 bits per heavy atom. The SMILES string of the molecule is CC(Br)C(=O)N(C(=O)OC(C)(C)C)c1coc(Cc2cc(F)cc(F)c2)n1. The van der Waals surface area contributed by atoms with Crippen molar-refractivity contribution in [2.75, 3.05) is 4.90 Å². The van der Waals surface area contributed by atoms with Crippen LogP contribution in [0.5, 0.6) is 0 Å². The molecule has 146 valence electrons. The summed E-state index contributed by atoms with van der Waals surface area (Å²) in [6, 6.07) is 3.04. The summed E-state index contributed by atoms with van der Waals surface area (Å²) < 4.78 is 37.1. The quantitative estimate of drug-likeness (QED) is 0.644. The summed E-state index contributed by atoms with van der Waals surface area (Å²) in [6.07, 6.45) is 0.187. The maximum atomic E-state index is 13.3. The van der Waals surface area contributed by atoms with Crippen LogP contribution in [0.4, 0.5) is 19.4 Å². The number of anilines is 1. The number of nitrogens with zero attached hydrogens (tertiary/aromatic N) is 2. The Hall–Kier alpha value is -2.29. The highest BCUT2D eigenvalue weighted by molar-refractivity contribution is 9.10. The van der Waals surface area contributed by atoms with Crippen molar-refractivity contribution < 1.29 is 27.5 Å². The molecular formula is C18H19BrF2N2O4. The molecule has 0 spiro atoms. The minimum Gasteiger partial charge on any atom is -0.446 e. The highest BCUT2D eigenvalue weighted by atomic mass is 79.9. The van der Waals surface area contributed by atoms with Gasteiger partial charge in [-0.25, -0.2) is 13.6 Å². The van der Waals surface area contributed by atoms with Crippen molar-refractivity contribution >= 4 is 33.7 Å². The molecule has 27 heavy (non-hydrogen) atoms. The number of oxazole rings is 1. The molecule has 0 bridgehead atoms. The second kappa shape index (κ2) is 8.16. The highest BCUT2D eigenvalue weighted by Crippen LogP contribution is 2.22. The molecule has 0 aliphatic carbocycles. The maximum absolute atomic E-state index is 13.3. The van der Waals surface area contributed by atoms with Crippen LogP contribution in [0.25, 0.3) is 0 Å². The van der Waals surface area contributed by atoms with Gasteiger partial charge in [0.2, 0.25) is 0 Å². The number of ether oxygens (including phenoxy) is 1. The van der Waals surface area contributed by atoms with Crippen LogP contribution in [0, 0.1) is 11.6 Å². The summed E-state index contributed by atoms with van der Waals surface area (Å²) in [6.45, 7) is 6.55. The standard InChI is InChI=1S/C18H19BrF2N2O4/c1-10(19)16(24)23(17(25)27-18(2,3)4)14-9-26-15(22-14)7-11-5-12(20)8-13(21)6-11/h5-6,8-10H,7H2,1-4H3. The van der Waals surface area contributed by atoms with Gasteiger partial charge in [-0.15, -0.1) is 0 Å². The molecule has 0 aliphatic heterocycles. The van der Waals surface area contributed by atoms with Crippen LogP contribution in [-0.4, -0.2) is 27.4 Å². The third-order valence-corrected chi connectivity index (χ3v) is 3.57. The first-order valence-electron chi connectivity index (χ1n) is 8.06. The van der Waals surface area contributed by atoms with E-state index in [4.69, 9.17) is 9.15 Å². The Morgan fingerprint density at radius 1 is 1.26 bits per heavy atom. The fraction of sp³-hybridized carbons (Fsp3) is 0.389. The van der Waals surface area contributed by atoms with Gasteiger partial charge in [-0.05, 0) is 45.4 Å². The summed E-state index contributed by atoms with van der Waals surface area (Å²) in [7, 11) is 0. The third-order valence-electron chi connectivity index (χ3n) is 3.18. The van der Waals surface area contributed by atoms with E-state index in [2.05, 4.69) is 20.9 Å². The molecule has 0 N–H and O–H groups in total. The lowest BCUT2D eigenvalue weighted by Gasteiger charge is -2.25. The van der Waals surface area contributed by atoms with Crippen LogP contribution >= 0.6 is 15.9 Å². The first-order valence-corrected chi connectivity index (χ1v) is 8.98. The summed E-state index contributed by atoms with van der Waals surface area (Å²) in [5.74, 6) is -2.04. The van der Waals surface area contributed by atoms with Crippen LogP contribution in [0.1, 0.15) is 39.1 Å². The molecular weight excluding hydrogens is 426 g/mol. The highest BCUT2D eigenvalue weighted by Gasteiger charge is 2.33. The molecule has 1 aromatic carbocycles. The number of aromatic nitrogens is 1. The van der Waals surface area contributed by atoms with Gasteiger partial charge in [-0.3, -0.25) is 4.79 Å². The zero-order chi connectivity index (χ0) is 20.4. The number of hydrogen-bond donors (Lipinski definition) is 0. The maximum Gasteiger partial charge on any atom is 0.423 e. The molecule has 9 heteroatoms. The van der Waals surface area contributed by atoms with E-state index in [1.165, 1.54) is 0 Å². The molecule has 2 aromatic rings. The number of imide groups is 1. The van der Waals surface area contributed by atoms with E-state index >= 15 is 0 Å². The van der Waals surface area contributed by atoms with Gasteiger partial charge in [-0.2, -0.15) is 9.88 Å². The molecule has 0 radical (unpaired) electrons. The predicted octanol–water partition coefficient (Wildman–Crippen LogP) is 4.60. The molecule has 1 heterocycles. The van der Waals surface area contributed by atoms with Crippen molar-refractivity contribution in [3.63, 3.8) is 0 Å². The van der Waals surface area contributed by atoms with Gasteiger partial charge in [-0.1, -0.05) is 15.9 Å². The lowest BCUT2D eigenvalue weighted by atomic mass is 10.1. The molecule has 2 amide bonds. The van der Waals surface area contributed by atoms with Gasteiger partial charge < -0.3 is 9.15 Å². The number of rotatable bonds is 4. The summed E-state index contributed by atoms with van der Waals surface area (Å²) in [5, 5.41) is 0. The van der Waals surface area contributed by atoms with Crippen LogP contribution in [0.2, 0.25) is 0 Å². The Balaban J connectivity index is 2.29. The smallest absolute Gasteiger partial charge is 0.423 e. The van der Waals surface area contributed by atoms with Gasteiger partial charge in [0.15, 0.2) is 11.7 Å². The van der Waals surface area contributed by atoms with E-state index in [9.17, 15) is 18.4 Å². The Labute approximate surface area is 163 Å². The zero-order valence-corrected chi connectivity index (χ0v) is 16.8. The molecule has 0 saturated carbocycles. The second-order valence-corrected chi connectivity index (χ2v) is 8.20. The van der Waals surface area contributed by atoms with Crippen LogP contribution < -0.4 is 4.90 Å². The van der Waals surface area contributed by atoms with Crippen LogP contribution in [0.15, 0.2) is 28.9 Å². The number of carbonyl (C=O) groups excluding carboxylic acids is 2. The van der Waals surface area contributed by atoms with E-state index < -0.39 is 34.1 Å². The van der Waals surface area contributed by atoms with E-state index in [1.807, 2.05) is 0 Å². The van der Waals surface area contributed by atoms with Gasteiger partial charge in [0.25, 0.3) is 5.91 Å². The fourth-order valence-electron chi connectivity index (χ4n) is 2.15. The average molecular weight is 445 g/mol. The third kappa shape index (κ3) is 5.85. The van der Waals surface area contributed by atoms with E-state index in [1.54, 1.807) is 27.7 Å². The first kappa shape index (κ1) is 21.0. The summed E-state index contributed by atoms with van der Waals surface area (Å²) >= 11 is 3.12. The second-order valence-electron chi connectivity index (χ2n) is 6.82. The molecule has 1 atom stereocenters. The van der Waals surface area contributed by atoms with Gasteiger partial charge >= 0.3 is 6.09 Å². The minimum atomic E-state index is -0.907. The molecule has 2 rings (SSSR count). The van der Waals surface area contributed by atoms with Crippen molar-refractivity contribution in [3.05, 3.63) is 47.6 Å². The van der Waals surface area contributed by atoms with E-state index in [-0.39, 0.29) is 18.1 Å². The fourth-order valence-corrected chi connectivity index (χ4v) is 2.36. The summed E-state index contributed by atoms with van der Waals surface area (Å²) in [4.78, 5) is 29.0. The average Bonchev–Trinajstić information content (AvgIpc) is 2.92. The van der Waals surface area contributed by atoms with Crippen molar-refractivity contribution in [2.24, 2.45) is 0 Å². The van der Waals surface area contributed by atoms with E-state index in [0.29, 0.717) is 5.56 Å². The number of amides is 2. The van der Waals surface area contributed by atoms with Crippen molar-refractivity contribution in [2.45, 2.75) is 44.5 Å². The normalized spacial score (nSPS) is 12.6. The Morgan fingerprint density at radius 2 is 1.85 bits per heavy atom. The number of halogens is 3. The van der Waals surface area contributed by atoms with Crippen molar-refractivity contribution in [3.8, 4) is 0 Å². The minimum absolute atomic E-state index is 0.0190. The number of carbonyl (C=O) groups is 2. The number of benzene rings is 1. The molecule has 1 unspecified atom stereocenters. The molecule has 0 fully saturated rings. The molecule has 6 nitrogen and oxygen atoms in total. The van der Waals surface area contributed by atoms with Gasteiger partial charge in [0, 0.05) is 12.5 Å². The van der Waals surface area contributed by atoms with Crippen molar-refractivity contribution in [1.82, 2.24) is 4.98 Å². The van der Waals surface area contributed by atoms with Crippen LogP contribution in [-0.2, 0) is 16.0 Å². The van der Waals surface area contributed by atoms with Gasteiger partial charge in [0.05, 0.1) is 4.83 Å². The number of alkyl halides is 1.